The van der Waals surface area contributed by atoms with Crippen molar-refractivity contribution in [1.82, 2.24) is 10.2 Å². The van der Waals surface area contributed by atoms with Gasteiger partial charge in [-0.2, -0.15) is 0 Å². The monoisotopic (exact) mass is 573 g/mol. The van der Waals surface area contributed by atoms with E-state index in [0.717, 1.165) is 59.0 Å². The molecule has 1 aliphatic carbocycles. The number of methoxy groups -OCH3 is 1. The molecule has 2 amide bonds. The van der Waals surface area contributed by atoms with Crippen molar-refractivity contribution in [3.8, 4) is 0 Å². The summed E-state index contributed by atoms with van der Waals surface area (Å²) in [5.41, 5.74) is 3.76. The van der Waals surface area contributed by atoms with Crippen molar-refractivity contribution >= 4 is 34.1 Å². The van der Waals surface area contributed by atoms with Crippen molar-refractivity contribution in [3.63, 3.8) is 0 Å². The van der Waals surface area contributed by atoms with Crippen molar-refractivity contribution in [3.05, 3.63) is 53.7 Å². The lowest BCUT2D eigenvalue weighted by Crippen LogP contribution is -2.53. The Kier molecular flexibility index (Phi) is 7.01. The molecule has 0 bridgehead atoms. The molecule has 6 rings (SSSR count). The molecule has 3 fully saturated rings. The maximum absolute atomic E-state index is 13.8. The predicted octanol–water partition coefficient (Wildman–Crippen LogP) is 6.39. The van der Waals surface area contributed by atoms with Gasteiger partial charge in [0, 0.05) is 30.4 Å². The highest BCUT2D eigenvalue weighted by Gasteiger charge is 2.55. The summed E-state index contributed by atoms with van der Waals surface area (Å²) in [6, 6.07) is 12.2. The second-order valence-corrected chi connectivity index (χ2v) is 13.9. The number of nitrogens with one attached hydrogen (secondary N) is 1. The van der Waals surface area contributed by atoms with Gasteiger partial charge in [-0.15, -0.1) is 0 Å². The lowest BCUT2D eigenvalue weighted by atomic mass is 9.90. The van der Waals surface area contributed by atoms with Crippen LogP contribution in [-0.4, -0.2) is 59.6 Å². The van der Waals surface area contributed by atoms with Gasteiger partial charge in [0.05, 0.1) is 24.4 Å². The Morgan fingerprint density at radius 3 is 2.33 bits per heavy atom. The Morgan fingerprint density at radius 1 is 1.02 bits per heavy atom. The smallest absolute Gasteiger partial charge is 0.407 e. The highest BCUT2D eigenvalue weighted by molar-refractivity contribution is 6.04. The molecule has 2 atom stereocenters. The quantitative estimate of drug-likeness (QED) is 0.433. The van der Waals surface area contributed by atoms with Gasteiger partial charge in [-0.05, 0) is 92.3 Å². The van der Waals surface area contributed by atoms with E-state index in [9.17, 15) is 9.59 Å². The maximum atomic E-state index is 13.8. The van der Waals surface area contributed by atoms with Crippen molar-refractivity contribution in [2.45, 2.75) is 96.8 Å². The summed E-state index contributed by atoms with van der Waals surface area (Å²) < 4.78 is 17.3. The lowest BCUT2D eigenvalue weighted by molar-refractivity contribution is -0.134. The SMILES string of the molecule is COC(=O)N[C@H](C(=O)N1CC2(CC2)C[C@H]1C1=NC=C(c2ccc3cc(C4OC(C)(C)C(C)(C)O4)ccc3c2)C1)C(C)C. The van der Waals surface area contributed by atoms with Crippen LogP contribution in [0.4, 0.5) is 4.79 Å². The number of carbonyl (C=O) groups is 2. The fourth-order valence-corrected chi connectivity index (χ4v) is 6.42. The standard InChI is InChI=1S/C34H43N3O5/c1-20(2)28(36-31(39)40-7)29(38)37-19-34(12-13-34)17-27(37)26-16-25(18-35-26)23-9-8-22-15-24(11-10-21(22)14-23)30-41-32(3,4)33(5,6)42-30/h8-11,14-15,18,20,27-28,30H,12-13,16-17,19H2,1-7H3,(H,36,39)/t27-,28-/m0/s1. The van der Waals surface area contributed by atoms with Crippen LogP contribution in [-0.2, 0) is 19.0 Å². The predicted molar refractivity (Wildman–Crippen MR) is 163 cm³/mol. The topological polar surface area (TPSA) is 89.5 Å². The van der Waals surface area contributed by atoms with Crippen LogP contribution >= 0.6 is 0 Å². The second kappa shape index (κ2) is 10.2. The number of benzene rings is 2. The molecule has 3 heterocycles. The Morgan fingerprint density at radius 2 is 1.69 bits per heavy atom. The van der Waals surface area contributed by atoms with Gasteiger partial charge in [-0.3, -0.25) is 9.79 Å². The van der Waals surface area contributed by atoms with Gasteiger partial charge in [-0.25, -0.2) is 4.79 Å². The summed E-state index contributed by atoms with van der Waals surface area (Å²) >= 11 is 0. The van der Waals surface area contributed by atoms with E-state index in [4.69, 9.17) is 19.2 Å². The molecule has 0 radical (unpaired) electrons. The van der Waals surface area contributed by atoms with Gasteiger partial charge in [-0.1, -0.05) is 38.1 Å². The zero-order valence-electron chi connectivity index (χ0n) is 25.8. The first-order chi connectivity index (χ1) is 19.8. The summed E-state index contributed by atoms with van der Waals surface area (Å²) in [5.74, 6) is -0.112. The van der Waals surface area contributed by atoms with E-state index in [0.29, 0.717) is 6.42 Å². The Hall–Kier alpha value is -3.23. The van der Waals surface area contributed by atoms with E-state index in [1.54, 1.807) is 0 Å². The number of nitrogens with zero attached hydrogens (tertiary/aromatic N) is 2. The number of ether oxygens (including phenoxy) is 3. The molecule has 8 nitrogen and oxygen atoms in total. The third-order valence-corrected chi connectivity index (χ3v) is 10.0. The number of alkyl carbamates (subject to hydrolysis) is 1. The number of aliphatic imine (C=N–C) groups is 1. The Bertz CT molecular complexity index is 1470. The van der Waals surface area contributed by atoms with E-state index in [1.807, 2.05) is 24.9 Å². The number of hydrogen-bond acceptors (Lipinski definition) is 6. The van der Waals surface area contributed by atoms with Crippen LogP contribution in [0.1, 0.15) is 84.6 Å². The van der Waals surface area contributed by atoms with Crippen LogP contribution in [0, 0.1) is 11.3 Å². The van der Waals surface area contributed by atoms with Crippen LogP contribution in [0.15, 0.2) is 47.6 Å². The minimum Gasteiger partial charge on any atom is -0.453 e. The van der Waals surface area contributed by atoms with Crippen molar-refractivity contribution in [2.24, 2.45) is 16.3 Å². The van der Waals surface area contributed by atoms with Gasteiger partial charge in [0.25, 0.3) is 0 Å². The normalized spacial score (nSPS) is 24.7. The Balaban J connectivity index is 1.17. The zero-order chi connectivity index (χ0) is 30.0. The molecular formula is C34H43N3O5. The first-order valence-electron chi connectivity index (χ1n) is 15.1. The average Bonchev–Trinajstić information content (AvgIpc) is 3.26. The highest BCUT2D eigenvalue weighted by Crippen LogP contribution is 2.55. The molecule has 2 aromatic carbocycles. The van der Waals surface area contributed by atoms with Gasteiger partial charge in [0.15, 0.2) is 6.29 Å². The lowest BCUT2D eigenvalue weighted by Gasteiger charge is -2.31. The molecule has 2 saturated heterocycles. The van der Waals surface area contributed by atoms with Crippen molar-refractivity contribution in [1.29, 1.82) is 0 Å². The zero-order valence-corrected chi connectivity index (χ0v) is 25.8. The molecule has 42 heavy (non-hydrogen) atoms. The van der Waals surface area contributed by atoms with Crippen molar-refractivity contribution < 1.29 is 23.8 Å². The fraction of sp³-hybridized carbons (Fsp3) is 0.559. The molecule has 224 valence electrons. The summed E-state index contributed by atoms with van der Waals surface area (Å²) in [7, 11) is 1.32. The van der Waals surface area contributed by atoms with Crippen LogP contribution < -0.4 is 5.32 Å². The van der Waals surface area contributed by atoms with E-state index in [-0.39, 0.29) is 34.5 Å². The minimum absolute atomic E-state index is 0.0520. The van der Waals surface area contributed by atoms with E-state index < -0.39 is 18.4 Å². The first kappa shape index (κ1) is 28.9. The van der Waals surface area contributed by atoms with E-state index >= 15 is 0 Å². The van der Waals surface area contributed by atoms with Crippen LogP contribution in [0.25, 0.3) is 16.3 Å². The molecular weight excluding hydrogens is 530 g/mol. The van der Waals surface area contributed by atoms with Gasteiger partial charge < -0.3 is 24.4 Å². The second-order valence-electron chi connectivity index (χ2n) is 13.9. The maximum Gasteiger partial charge on any atom is 0.407 e. The van der Waals surface area contributed by atoms with Gasteiger partial charge in [0.1, 0.15) is 6.04 Å². The molecule has 1 spiro atoms. The van der Waals surface area contributed by atoms with Crippen LogP contribution in [0.2, 0.25) is 0 Å². The molecule has 0 unspecified atom stereocenters. The summed E-state index contributed by atoms with van der Waals surface area (Å²) in [6.07, 6.45) is 4.90. The number of fused-ring (bicyclic) bond motifs is 1. The van der Waals surface area contributed by atoms with Crippen molar-refractivity contribution in [2.75, 3.05) is 13.7 Å². The number of allylic oxidation sites excluding steroid dienone is 1. The molecule has 1 N–H and O–H groups in total. The minimum atomic E-state index is -0.633. The summed E-state index contributed by atoms with van der Waals surface area (Å²) in [6.45, 7) is 12.9. The molecule has 3 aliphatic heterocycles. The van der Waals surface area contributed by atoms with Crippen LogP contribution in [0.5, 0.6) is 0 Å². The summed E-state index contributed by atoms with van der Waals surface area (Å²) in [4.78, 5) is 32.6. The number of hydrogen-bond donors (Lipinski definition) is 1. The molecule has 8 heteroatoms. The third kappa shape index (κ3) is 5.13. The molecule has 4 aliphatic rings. The summed E-state index contributed by atoms with van der Waals surface area (Å²) in [5, 5.41) is 5.04. The number of likely N-dealkylation sites (tertiary alicyclic amines) is 1. The first-order valence-corrected chi connectivity index (χ1v) is 15.1. The third-order valence-electron chi connectivity index (χ3n) is 10.0. The largest absolute Gasteiger partial charge is 0.453 e. The number of amides is 2. The highest BCUT2D eigenvalue weighted by atomic mass is 16.7. The van der Waals surface area contributed by atoms with Gasteiger partial charge >= 0.3 is 6.09 Å². The van der Waals surface area contributed by atoms with E-state index in [1.165, 1.54) is 7.11 Å². The number of carbonyl (C=O) groups excluding carboxylic acids is 2. The Labute approximate surface area is 248 Å². The van der Waals surface area contributed by atoms with Gasteiger partial charge in [0.2, 0.25) is 5.91 Å². The molecule has 1 saturated carbocycles. The molecule has 0 aromatic heterocycles. The molecule has 2 aromatic rings. The van der Waals surface area contributed by atoms with Crippen LogP contribution in [0.3, 0.4) is 0 Å². The van der Waals surface area contributed by atoms with E-state index in [2.05, 4.69) is 69.4 Å². The number of rotatable bonds is 6. The average molecular weight is 574 g/mol. The fourth-order valence-electron chi connectivity index (χ4n) is 6.42.